The zero-order valence-corrected chi connectivity index (χ0v) is 28.6. The summed E-state index contributed by atoms with van der Waals surface area (Å²) < 4.78 is 40.9. The van der Waals surface area contributed by atoms with Crippen LogP contribution in [0.1, 0.15) is 36.1 Å². The maximum absolute atomic E-state index is 14.7. The quantitative estimate of drug-likeness (QED) is 0.187. The lowest BCUT2D eigenvalue weighted by molar-refractivity contribution is -0.140. The number of amides is 2. The van der Waals surface area contributed by atoms with Crippen molar-refractivity contribution in [2.75, 3.05) is 25.1 Å². The number of hydrogen-bond donors (Lipinski definition) is 1. The molecule has 0 saturated heterocycles. The van der Waals surface area contributed by atoms with E-state index in [1.54, 1.807) is 24.3 Å². The number of carbonyl (C=O) groups excluding carboxylic acids is 2. The minimum atomic E-state index is -4.31. The molecule has 10 heteroatoms. The number of benzene rings is 4. The second kappa shape index (κ2) is 15.6. The van der Waals surface area contributed by atoms with Crippen molar-refractivity contribution in [3.63, 3.8) is 0 Å². The summed E-state index contributed by atoms with van der Waals surface area (Å²) in [5.74, 6) is -0.281. The van der Waals surface area contributed by atoms with Crippen LogP contribution in [-0.4, -0.2) is 58.0 Å². The molecule has 4 aromatic carbocycles. The van der Waals surface area contributed by atoms with Gasteiger partial charge in [-0.05, 0) is 68.7 Å². The molecule has 1 atom stereocenters. The van der Waals surface area contributed by atoms with Gasteiger partial charge in [-0.3, -0.25) is 13.9 Å². The smallest absolute Gasteiger partial charge is 0.264 e. The topological polar surface area (TPSA) is 105 Å². The summed E-state index contributed by atoms with van der Waals surface area (Å²) in [4.78, 5) is 30.1. The van der Waals surface area contributed by atoms with E-state index in [4.69, 9.17) is 9.47 Å². The number of ether oxygens (including phenoxy) is 2. The molecule has 0 aliphatic heterocycles. The molecule has 0 radical (unpaired) electrons. The highest BCUT2D eigenvalue weighted by Crippen LogP contribution is 2.36. The molecule has 0 heterocycles. The number of nitrogens with zero attached hydrogens (tertiary/aromatic N) is 2. The number of methoxy groups -OCH3 is 2. The van der Waals surface area contributed by atoms with Gasteiger partial charge in [0, 0.05) is 25.1 Å². The lowest BCUT2D eigenvalue weighted by Gasteiger charge is -2.34. The van der Waals surface area contributed by atoms with Crippen molar-refractivity contribution in [1.82, 2.24) is 10.2 Å². The Kier molecular flexibility index (Phi) is 11.7. The fourth-order valence-electron chi connectivity index (χ4n) is 5.25. The Hall–Kier alpha value is -4.83. The third-order valence-electron chi connectivity index (χ3n) is 7.85. The summed E-state index contributed by atoms with van der Waals surface area (Å²) in [5.41, 5.74) is 3.64. The van der Waals surface area contributed by atoms with Gasteiger partial charge in [-0.1, -0.05) is 72.3 Å². The Morgan fingerprint density at radius 2 is 1.49 bits per heavy atom. The van der Waals surface area contributed by atoms with Crippen LogP contribution in [0.2, 0.25) is 0 Å². The van der Waals surface area contributed by atoms with Crippen molar-refractivity contribution < 1.29 is 27.5 Å². The molecule has 0 aliphatic rings. The molecule has 9 nitrogen and oxygen atoms in total. The molecule has 2 amide bonds. The summed E-state index contributed by atoms with van der Waals surface area (Å²) in [5, 5.41) is 2.98. The minimum Gasteiger partial charge on any atom is -0.497 e. The number of nitrogens with one attached hydrogen (secondary N) is 1. The van der Waals surface area contributed by atoms with Crippen molar-refractivity contribution >= 4 is 27.5 Å². The Bertz CT molecular complexity index is 1780. The minimum absolute atomic E-state index is 0.00427. The van der Waals surface area contributed by atoms with Gasteiger partial charge in [0.2, 0.25) is 11.8 Å². The lowest BCUT2D eigenvalue weighted by atomic mass is 10.0. The van der Waals surface area contributed by atoms with E-state index >= 15 is 0 Å². The highest BCUT2D eigenvalue weighted by atomic mass is 32.2. The van der Waals surface area contributed by atoms with Crippen LogP contribution in [0, 0.1) is 13.8 Å². The molecule has 1 N–H and O–H groups in total. The van der Waals surface area contributed by atoms with Crippen LogP contribution in [0.3, 0.4) is 0 Å². The van der Waals surface area contributed by atoms with E-state index < -0.39 is 28.5 Å². The summed E-state index contributed by atoms with van der Waals surface area (Å²) in [7, 11) is -1.41. The first-order valence-electron chi connectivity index (χ1n) is 15.4. The molecular weight excluding hydrogens is 614 g/mol. The number of aryl methyl sites for hydroxylation is 2. The summed E-state index contributed by atoms with van der Waals surface area (Å²) in [6, 6.07) is 27.1. The maximum atomic E-state index is 14.7. The third kappa shape index (κ3) is 8.71. The largest absolute Gasteiger partial charge is 0.497 e. The fraction of sp³-hybridized carbons (Fsp3) is 0.297. The predicted octanol–water partition coefficient (Wildman–Crippen LogP) is 5.68. The molecule has 0 fully saturated rings. The monoisotopic (exact) mass is 657 g/mol. The summed E-state index contributed by atoms with van der Waals surface area (Å²) in [6.45, 7) is 6.99. The van der Waals surface area contributed by atoms with Crippen molar-refractivity contribution in [2.24, 2.45) is 0 Å². The predicted molar refractivity (Wildman–Crippen MR) is 184 cm³/mol. The highest BCUT2D eigenvalue weighted by molar-refractivity contribution is 7.92. The van der Waals surface area contributed by atoms with Crippen molar-refractivity contribution in [3.8, 4) is 11.5 Å². The number of sulfonamides is 1. The molecule has 0 saturated carbocycles. The molecule has 1 unspecified atom stereocenters. The molecule has 248 valence electrons. The van der Waals surface area contributed by atoms with Crippen LogP contribution in [0.5, 0.6) is 11.5 Å². The van der Waals surface area contributed by atoms with Crippen LogP contribution in [-0.2, 0) is 32.6 Å². The van der Waals surface area contributed by atoms with Gasteiger partial charge in [0.1, 0.15) is 24.1 Å². The maximum Gasteiger partial charge on any atom is 0.264 e. The summed E-state index contributed by atoms with van der Waals surface area (Å²) >= 11 is 0. The number of anilines is 1. The van der Waals surface area contributed by atoms with Gasteiger partial charge in [0.15, 0.2) is 0 Å². The van der Waals surface area contributed by atoms with Gasteiger partial charge in [-0.25, -0.2) is 8.42 Å². The van der Waals surface area contributed by atoms with E-state index in [0.717, 1.165) is 26.6 Å². The Morgan fingerprint density at radius 3 is 2.11 bits per heavy atom. The Labute approximate surface area is 278 Å². The van der Waals surface area contributed by atoms with Crippen molar-refractivity contribution in [2.45, 2.75) is 57.6 Å². The van der Waals surface area contributed by atoms with E-state index in [2.05, 4.69) is 5.32 Å². The SMILES string of the molecule is COc1ccc(OC)c(N(CC(=O)N(Cc2ccccc2C)C(Cc2ccccc2)C(=O)NC(C)C)S(=O)(=O)c2ccc(C)cc2)c1. The van der Waals surface area contributed by atoms with Crippen molar-refractivity contribution in [3.05, 3.63) is 119 Å². The first kappa shape index (κ1) is 35.0. The lowest BCUT2D eigenvalue weighted by Crippen LogP contribution is -2.54. The first-order valence-corrected chi connectivity index (χ1v) is 16.9. The Balaban J connectivity index is 1.88. The van der Waals surface area contributed by atoms with Crippen LogP contribution < -0.4 is 19.1 Å². The van der Waals surface area contributed by atoms with Crippen molar-refractivity contribution in [1.29, 1.82) is 0 Å². The third-order valence-corrected chi connectivity index (χ3v) is 9.62. The Morgan fingerprint density at radius 1 is 0.830 bits per heavy atom. The van der Waals surface area contributed by atoms with E-state index in [9.17, 15) is 18.0 Å². The zero-order chi connectivity index (χ0) is 34.1. The van der Waals surface area contributed by atoms with Gasteiger partial charge in [0.25, 0.3) is 10.0 Å². The molecule has 4 rings (SSSR count). The van der Waals surface area contributed by atoms with E-state index in [1.165, 1.54) is 37.3 Å². The second-order valence-electron chi connectivity index (χ2n) is 11.7. The van der Waals surface area contributed by atoms with Crippen LogP contribution in [0.25, 0.3) is 0 Å². The molecule has 4 aromatic rings. The van der Waals surface area contributed by atoms with Crippen LogP contribution >= 0.6 is 0 Å². The van der Waals surface area contributed by atoms with Gasteiger partial charge in [-0.15, -0.1) is 0 Å². The van der Waals surface area contributed by atoms with Gasteiger partial charge >= 0.3 is 0 Å². The molecule has 0 aromatic heterocycles. The second-order valence-corrected chi connectivity index (χ2v) is 13.5. The number of hydrogen-bond acceptors (Lipinski definition) is 6. The van der Waals surface area contributed by atoms with Crippen LogP contribution in [0.4, 0.5) is 5.69 Å². The average molecular weight is 658 g/mol. The fourth-order valence-corrected chi connectivity index (χ4v) is 6.66. The van der Waals surface area contributed by atoms with Gasteiger partial charge in [-0.2, -0.15) is 0 Å². The standard InChI is InChI=1S/C37H43N3O6S/c1-26(2)38-37(42)34(22-29-13-8-7-9-14-29)39(24-30-15-11-10-12-28(30)4)36(41)25-40(33-23-31(45-5)18-21-35(33)46-6)47(43,44)32-19-16-27(3)17-20-32/h7-21,23,26,34H,22,24-25H2,1-6H3,(H,38,42). The molecule has 47 heavy (non-hydrogen) atoms. The zero-order valence-electron chi connectivity index (χ0n) is 27.8. The van der Waals surface area contributed by atoms with E-state index in [-0.39, 0.29) is 41.2 Å². The number of carbonyl (C=O) groups is 2. The highest BCUT2D eigenvalue weighted by Gasteiger charge is 2.36. The number of rotatable bonds is 14. The average Bonchev–Trinajstić information content (AvgIpc) is 3.05. The first-order chi connectivity index (χ1) is 22.4. The van der Waals surface area contributed by atoms with E-state index in [0.29, 0.717) is 5.75 Å². The molecule has 0 spiro atoms. The molecule has 0 bridgehead atoms. The molecule has 0 aliphatic carbocycles. The van der Waals surface area contributed by atoms with Crippen LogP contribution in [0.15, 0.2) is 102 Å². The summed E-state index contributed by atoms with van der Waals surface area (Å²) in [6.07, 6.45) is 0.226. The molecular formula is C37H43N3O6S. The van der Waals surface area contributed by atoms with Gasteiger partial charge in [0.05, 0.1) is 24.8 Å². The van der Waals surface area contributed by atoms with E-state index in [1.807, 2.05) is 82.3 Å². The van der Waals surface area contributed by atoms with Gasteiger partial charge < -0.3 is 19.7 Å². The normalized spacial score (nSPS) is 11.9.